The minimum Gasteiger partial charge on any atom is -0.395 e. The number of rotatable bonds is 3. The molecular formula is C12H15Cl2NO. The molecular weight excluding hydrogens is 245 g/mol. The van der Waals surface area contributed by atoms with Gasteiger partial charge in [0.05, 0.1) is 16.7 Å². The number of benzene rings is 1. The minimum absolute atomic E-state index is 0.220. The molecule has 1 aromatic rings. The van der Waals surface area contributed by atoms with Gasteiger partial charge in [-0.05, 0) is 31.0 Å². The molecule has 0 unspecified atom stereocenters. The summed E-state index contributed by atoms with van der Waals surface area (Å²) < 4.78 is 0. The molecule has 88 valence electrons. The van der Waals surface area contributed by atoms with Crippen LogP contribution in [0.15, 0.2) is 18.2 Å². The highest BCUT2D eigenvalue weighted by Crippen LogP contribution is 2.28. The highest BCUT2D eigenvalue weighted by Gasteiger charge is 2.24. The van der Waals surface area contributed by atoms with E-state index in [-0.39, 0.29) is 12.6 Å². The van der Waals surface area contributed by atoms with E-state index in [1.54, 1.807) is 6.07 Å². The Morgan fingerprint density at radius 2 is 2.19 bits per heavy atom. The predicted octanol–water partition coefficient (Wildman–Crippen LogP) is 2.95. The quantitative estimate of drug-likeness (QED) is 0.903. The molecule has 1 heterocycles. The Bertz CT molecular complexity index is 370. The molecule has 1 aliphatic rings. The molecule has 1 saturated heterocycles. The molecule has 0 saturated carbocycles. The summed E-state index contributed by atoms with van der Waals surface area (Å²) >= 11 is 12.1. The maximum atomic E-state index is 9.24. The van der Waals surface area contributed by atoms with Crippen LogP contribution in [0.2, 0.25) is 10.0 Å². The number of aliphatic hydroxyl groups excluding tert-OH is 1. The van der Waals surface area contributed by atoms with Crippen LogP contribution in [-0.2, 0) is 6.54 Å². The van der Waals surface area contributed by atoms with Gasteiger partial charge in [0, 0.05) is 12.6 Å². The molecule has 0 aromatic heterocycles. The summed E-state index contributed by atoms with van der Waals surface area (Å²) in [6.45, 7) is 2.01. The van der Waals surface area contributed by atoms with E-state index in [2.05, 4.69) is 4.90 Å². The number of hydrogen-bond donors (Lipinski definition) is 1. The van der Waals surface area contributed by atoms with Crippen molar-refractivity contribution in [1.82, 2.24) is 4.90 Å². The summed E-state index contributed by atoms with van der Waals surface area (Å²) in [7, 11) is 0. The standard InChI is InChI=1S/C12H15Cl2NO/c13-11-5-1-3-9(12(11)14)7-15-6-2-4-10(15)8-16/h1,3,5,10,16H,2,4,6-8H2/t10-/m0/s1. The summed E-state index contributed by atoms with van der Waals surface area (Å²) in [5.74, 6) is 0. The molecule has 2 rings (SSSR count). The second-order valence-corrected chi connectivity index (χ2v) is 4.95. The Balaban J connectivity index is 2.11. The first-order chi connectivity index (χ1) is 7.72. The molecule has 1 atom stereocenters. The Hall–Kier alpha value is -0.280. The highest BCUT2D eigenvalue weighted by molar-refractivity contribution is 6.42. The lowest BCUT2D eigenvalue weighted by Crippen LogP contribution is -2.31. The van der Waals surface area contributed by atoms with Crippen molar-refractivity contribution in [2.45, 2.75) is 25.4 Å². The van der Waals surface area contributed by atoms with Gasteiger partial charge in [-0.2, -0.15) is 0 Å². The van der Waals surface area contributed by atoms with Gasteiger partial charge in [-0.25, -0.2) is 0 Å². The molecule has 0 bridgehead atoms. The van der Waals surface area contributed by atoms with E-state index in [1.807, 2.05) is 12.1 Å². The SMILES string of the molecule is OC[C@@H]1CCCN1Cc1cccc(Cl)c1Cl. The number of halogens is 2. The second kappa shape index (κ2) is 5.37. The van der Waals surface area contributed by atoms with Crippen LogP contribution < -0.4 is 0 Å². The first kappa shape index (κ1) is 12.2. The largest absolute Gasteiger partial charge is 0.395 e. The van der Waals surface area contributed by atoms with Crippen molar-refractivity contribution >= 4 is 23.2 Å². The van der Waals surface area contributed by atoms with Crippen LogP contribution in [0.4, 0.5) is 0 Å². The van der Waals surface area contributed by atoms with Crippen LogP contribution in [0.3, 0.4) is 0 Å². The lowest BCUT2D eigenvalue weighted by Gasteiger charge is -2.23. The third kappa shape index (κ3) is 2.51. The van der Waals surface area contributed by atoms with Gasteiger partial charge in [0.15, 0.2) is 0 Å². The number of aliphatic hydroxyl groups is 1. The molecule has 0 radical (unpaired) electrons. The van der Waals surface area contributed by atoms with E-state index in [9.17, 15) is 5.11 Å². The molecule has 0 aliphatic carbocycles. The molecule has 2 nitrogen and oxygen atoms in total. The molecule has 1 aromatic carbocycles. The van der Waals surface area contributed by atoms with Crippen LogP contribution in [0, 0.1) is 0 Å². The first-order valence-electron chi connectivity index (χ1n) is 5.50. The smallest absolute Gasteiger partial charge is 0.0637 e. The Labute approximate surface area is 106 Å². The number of nitrogens with zero attached hydrogens (tertiary/aromatic N) is 1. The fourth-order valence-electron chi connectivity index (χ4n) is 2.20. The van der Waals surface area contributed by atoms with Gasteiger partial charge in [0.2, 0.25) is 0 Å². The molecule has 16 heavy (non-hydrogen) atoms. The number of hydrogen-bond acceptors (Lipinski definition) is 2. The predicted molar refractivity (Wildman–Crippen MR) is 67.0 cm³/mol. The molecule has 0 amide bonds. The monoisotopic (exact) mass is 259 g/mol. The van der Waals surface area contributed by atoms with Crippen molar-refractivity contribution in [3.63, 3.8) is 0 Å². The lowest BCUT2D eigenvalue weighted by atomic mass is 10.2. The van der Waals surface area contributed by atoms with E-state index in [0.717, 1.165) is 31.5 Å². The van der Waals surface area contributed by atoms with Crippen molar-refractivity contribution in [1.29, 1.82) is 0 Å². The zero-order valence-electron chi connectivity index (χ0n) is 9.00. The molecule has 1 fully saturated rings. The van der Waals surface area contributed by atoms with E-state index < -0.39 is 0 Å². The fraction of sp³-hybridized carbons (Fsp3) is 0.500. The van der Waals surface area contributed by atoms with Gasteiger partial charge in [0.1, 0.15) is 0 Å². The van der Waals surface area contributed by atoms with Gasteiger partial charge in [-0.3, -0.25) is 4.90 Å². The van der Waals surface area contributed by atoms with Gasteiger partial charge >= 0.3 is 0 Å². The van der Waals surface area contributed by atoms with Crippen LogP contribution >= 0.6 is 23.2 Å². The fourth-order valence-corrected chi connectivity index (χ4v) is 2.58. The molecule has 4 heteroatoms. The van der Waals surface area contributed by atoms with Crippen molar-refractivity contribution in [3.8, 4) is 0 Å². The van der Waals surface area contributed by atoms with Crippen molar-refractivity contribution in [2.75, 3.05) is 13.2 Å². The molecule has 1 aliphatic heterocycles. The van der Waals surface area contributed by atoms with Gasteiger partial charge < -0.3 is 5.11 Å². The maximum absolute atomic E-state index is 9.24. The Morgan fingerprint density at radius 1 is 1.38 bits per heavy atom. The van der Waals surface area contributed by atoms with Crippen LogP contribution in [0.5, 0.6) is 0 Å². The summed E-state index contributed by atoms with van der Waals surface area (Å²) in [5, 5.41) is 10.5. The zero-order chi connectivity index (χ0) is 11.5. The molecule has 0 spiro atoms. The van der Waals surface area contributed by atoms with Crippen molar-refractivity contribution < 1.29 is 5.11 Å². The van der Waals surface area contributed by atoms with E-state index >= 15 is 0 Å². The van der Waals surface area contributed by atoms with Gasteiger partial charge in [-0.15, -0.1) is 0 Å². The van der Waals surface area contributed by atoms with E-state index in [1.165, 1.54) is 0 Å². The summed E-state index contributed by atoms with van der Waals surface area (Å²) in [6, 6.07) is 5.96. The Kier molecular flexibility index (Phi) is 4.09. The van der Waals surface area contributed by atoms with E-state index in [0.29, 0.717) is 10.0 Å². The zero-order valence-corrected chi connectivity index (χ0v) is 10.5. The topological polar surface area (TPSA) is 23.5 Å². The normalized spacial score (nSPS) is 21.6. The summed E-state index contributed by atoms with van der Waals surface area (Å²) in [6.07, 6.45) is 2.21. The van der Waals surface area contributed by atoms with E-state index in [4.69, 9.17) is 23.2 Å². The third-order valence-electron chi connectivity index (χ3n) is 3.11. The summed E-state index contributed by atoms with van der Waals surface area (Å²) in [5.41, 5.74) is 1.04. The third-order valence-corrected chi connectivity index (χ3v) is 3.97. The Morgan fingerprint density at radius 3 is 2.94 bits per heavy atom. The highest BCUT2D eigenvalue weighted by atomic mass is 35.5. The average molecular weight is 260 g/mol. The van der Waals surface area contributed by atoms with Crippen molar-refractivity contribution in [3.05, 3.63) is 33.8 Å². The van der Waals surface area contributed by atoms with Gasteiger partial charge in [-0.1, -0.05) is 35.3 Å². The second-order valence-electron chi connectivity index (χ2n) is 4.16. The van der Waals surface area contributed by atoms with Crippen molar-refractivity contribution in [2.24, 2.45) is 0 Å². The van der Waals surface area contributed by atoms with Crippen LogP contribution in [0.1, 0.15) is 18.4 Å². The molecule has 1 N–H and O–H groups in total. The lowest BCUT2D eigenvalue weighted by molar-refractivity contribution is 0.153. The van der Waals surface area contributed by atoms with Gasteiger partial charge in [0.25, 0.3) is 0 Å². The van der Waals surface area contributed by atoms with Crippen LogP contribution in [0.25, 0.3) is 0 Å². The maximum Gasteiger partial charge on any atom is 0.0637 e. The van der Waals surface area contributed by atoms with Crippen LogP contribution in [-0.4, -0.2) is 29.2 Å². The number of likely N-dealkylation sites (tertiary alicyclic amines) is 1. The minimum atomic E-state index is 0.220. The summed E-state index contributed by atoms with van der Waals surface area (Å²) in [4.78, 5) is 2.26. The average Bonchev–Trinajstić information content (AvgIpc) is 2.72. The first-order valence-corrected chi connectivity index (χ1v) is 6.25.